The summed E-state index contributed by atoms with van der Waals surface area (Å²) in [5.41, 5.74) is 6.16. The second-order valence-corrected chi connectivity index (χ2v) is 4.00. The average molecular weight is 239 g/mol. The fourth-order valence-corrected chi connectivity index (χ4v) is 1.83. The van der Waals surface area contributed by atoms with Crippen molar-refractivity contribution in [3.8, 4) is 0 Å². The molecule has 0 saturated carbocycles. The molecule has 0 spiro atoms. The molecule has 0 radical (unpaired) electrons. The summed E-state index contributed by atoms with van der Waals surface area (Å²) in [5, 5.41) is 7.28. The molecular formula is C11H21N5O. The van der Waals surface area contributed by atoms with Gasteiger partial charge in [-0.3, -0.25) is 9.48 Å². The number of nitrogens with two attached hydrogens (primary N) is 1. The molecule has 17 heavy (non-hydrogen) atoms. The highest BCUT2D eigenvalue weighted by molar-refractivity contribution is 5.80. The van der Waals surface area contributed by atoms with Gasteiger partial charge in [0.05, 0.1) is 11.9 Å². The largest absolute Gasteiger partial charge is 0.396 e. The normalized spacial score (nSPS) is 17.4. The van der Waals surface area contributed by atoms with Crippen molar-refractivity contribution in [3.05, 3.63) is 12.4 Å². The molecule has 1 aromatic heterocycles. The van der Waals surface area contributed by atoms with Gasteiger partial charge in [0.1, 0.15) is 6.04 Å². The first-order chi connectivity index (χ1) is 7.68. The predicted molar refractivity (Wildman–Crippen MR) is 67.5 cm³/mol. The molecule has 1 aliphatic rings. The number of rotatable bonds is 2. The first kappa shape index (κ1) is 13.5. The van der Waals surface area contributed by atoms with E-state index < -0.39 is 0 Å². The Balaban J connectivity index is 0.00000144. The average Bonchev–Trinajstić information content (AvgIpc) is 2.75. The maximum Gasteiger partial charge on any atom is 0.247 e. The molecule has 1 aromatic rings. The summed E-state index contributed by atoms with van der Waals surface area (Å²) in [6.45, 7) is 5.09. The van der Waals surface area contributed by atoms with Gasteiger partial charge < -0.3 is 16.0 Å². The summed E-state index contributed by atoms with van der Waals surface area (Å²) in [6, 6.07) is -0.282. The van der Waals surface area contributed by atoms with Crippen LogP contribution in [-0.4, -0.2) is 46.8 Å². The minimum Gasteiger partial charge on any atom is -0.396 e. The lowest BCUT2D eigenvalue weighted by Gasteiger charge is -2.29. The lowest BCUT2D eigenvalue weighted by atomic mass is 10.2. The van der Waals surface area contributed by atoms with Crippen LogP contribution in [0.1, 0.15) is 20.4 Å². The Morgan fingerprint density at radius 1 is 1.53 bits per heavy atom. The van der Waals surface area contributed by atoms with E-state index in [-0.39, 0.29) is 19.4 Å². The first-order valence-corrected chi connectivity index (χ1v) is 5.47. The Morgan fingerprint density at radius 2 is 2.18 bits per heavy atom. The number of nitrogens with zero attached hydrogens (tertiary/aromatic N) is 3. The van der Waals surface area contributed by atoms with Crippen molar-refractivity contribution in [1.29, 1.82) is 0 Å². The Kier molecular flexibility index (Phi) is 4.51. The summed E-state index contributed by atoms with van der Waals surface area (Å²) in [6.07, 6.45) is 3.24. The van der Waals surface area contributed by atoms with Gasteiger partial charge in [0, 0.05) is 32.4 Å². The van der Waals surface area contributed by atoms with E-state index in [1.165, 1.54) is 0 Å². The molecule has 1 amide bonds. The van der Waals surface area contributed by atoms with Gasteiger partial charge in [0.15, 0.2) is 0 Å². The van der Waals surface area contributed by atoms with Gasteiger partial charge in [-0.15, -0.1) is 0 Å². The van der Waals surface area contributed by atoms with E-state index >= 15 is 0 Å². The van der Waals surface area contributed by atoms with Crippen molar-refractivity contribution in [2.75, 3.05) is 31.9 Å². The van der Waals surface area contributed by atoms with Crippen molar-refractivity contribution in [1.82, 2.24) is 20.0 Å². The smallest absolute Gasteiger partial charge is 0.247 e. The van der Waals surface area contributed by atoms with Gasteiger partial charge in [0.25, 0.3) is 0 Å². The number of amides is 1. The van der Waals surface area contributed by atoms with Crippen LogP contribution < -0.4 is 11.1 Å². The third kappa shape index (κ3) is 2.97. The molecule has 2 heterocycles. The quantitative estimate of drug-likeness (QED) is 0.767. The van der Waals surface area contributed by atoms with E-state index in [2.05, 4.69) is 10.4 Å². The molecule has 1 unspecified atom stereocenters. The highest BCUT2D eigenvalue weighted by atomic mass is 16.2. The van der Waals surface area contributed by atoms with E-state index in [0.29, 0.717) is 5.69 Å². The first-order valence-electron chi connectivity index (χ1n) is 5.47. The third-order valence-electron chi connectivity index (χ3n) is 2.80. The number of hydrogen-bond acceptors (Lipinski definition) is 4. The van der Waals surface area contributed by atoms with Crippen LogP contribution in [0.3, 0.4) is 0 Å². The van der Waals surface area contributed by atoms with E-state index in [0.717, 1.165) is 26.2 Å². The van der Waals surface area contributed by atoms with Crippen LogP contribution in [0.2, 0.25) is 0 Å². The number of carbonyl (C=O) groups excluding carboxylic acids is 1. The van der Waals surface area contributed by atoms with Crippen LogP contribution in [0.15, 0.2) is 12.4 Å². The van der Waals surface area contributed by atoms with E-state index in [1.807, 2.05) is 11.8 Å². The molecule has 1 saturated heterocycles. The summed E-state index contributed by atoms with van der Waals surface area (Å²) in [5.74, 6) is 0.101. The lowest BCUT2D eigenvalue weighted by Crippen LogP contribution is -2.48. The van der Waals surface area contributed by atoms with Crippen molar-refractivity contribution in [2.24, 2.45) is 0 Å². The fourth-order valence-electron chi connectivity index (χ4n) is 1.83. The molecule has 6 heteroatoms. The molecule has 2 rings (SSSR count). The predicted octanol–water partition coefficient (Wildman–Crippen LogP) is 0.0942. The molecule has 1 fully saturated rings. The highest BCUT2D eigenvalue weighted by Gasteiger charge is 2.23. The standard InChI is InChI=1S/C10H17N5O.CH4/c1-8(15-7-9(11)6-13-15)10(16)14-4-2-12-3-5-14;/h6-8,12H,2-5,11H2,1H3;1H4. The Bertz CT molecular complexity index is 370. The van der Waals surface area contributed by atoms with Crippen molar-refractivity contribution in [3.63, 3.8) is 0 Å². The summed E-state index contributed by atoms with van der Waals surface area (Å²) < 4.78 is 1.61. The highest BCUT2D eigenvalue weighted by Crippen LogP contribution is 2.11. The van der Waals surface area contributed by atoms with Gasteiger partial charge >= 0.3 is 0 Å². The van der Waals surface area contributed by atoms with Gasteiger partial charge in [-0.05, 0) is 6.92 Å². The molecule has 1 atom stereocenters. The SMILES string of the molecule is C.CC(C(=O)N1CCNCC1)n1cc(N)cn1. The van der Waals surface area contributed by atoms with Gasteiger partial charge in [0.2, 0.25) is 5.91 Å². The molecule has 0 bridgehead atoms. The van der Waals surface area contributed by atoms with Gasteiger partial charge in [-0.1, -0.05) is 7.43 Å². The fraction of sp³-hybridized carbons (Fsp3) is 0.636. The van der Waals surface area contributed by atoms with Crippen LogP contribution in [-0.2, 0) is 4.79 Å². The summed E-state index contributed by atoms with van der Waals surface area (Å²) in [7, 11) is 0. The zero-order chi connectivity index (χ0) is 11.5. The molecule has 96 valence electrons. The monoisotopic (exact) mass is 239 g/mol. The number of nitrogens with one attached hydrogen (secondary N) is 1. The Hall–Kier alpha value is -1.56. The van der Waals surface area contributed by atoms with Gasteiger partial charge in [-0.2, -0.15) is 5.10 Å². The Morgan fingerprint density at radius 3 is 2.71 bits per heavy atom. The van der Waals surface area contributed by atoms with Crippen LogP contribution >= 0.6 is 0 Å². The number of nitrogen functional groups attached to an aromatic ring is 1. The van der Waals surface area contributed by atoms with Crippen LogP contribution in [0.5, 0.6) is 0 Å². The number of hydrogen-bond donors (Lipinski definition) is 2. The second kappa shape index (κ2) is 5.67. The number of carbonyl (C=O) groups is 1. The zero-order valence-corrected chi connectivity index (χ0v) is 9.39. The van der Waals surface area contributed by atoms with E-state index in [1.54, 1.807) is 17.1 Å². The maximum absolute atomic E-state index is 12.1. The zero-order valence-electron chi connectivity index (χ0n) is 9.39. The topological polar surface area (TPSA) is 76.2 Å². The molecule has 0 aromatic carbocycles. The number of aromatic nitrogens is 2. The van der Waals surface area contributed by atoms with E-state index in [4.69, 9.17) is 5.73 Å². The summed E-state index contributed by atoms with van der Waals surface area (Å²) in [4.78, 5) is 14.0. The molecule has 6 nitrogen and oxygen atoms in total. The van der Waals surface area contributed by atoms with E-state index in [9.17, 15) is 4.79 Å². The Labute approximate surface area is 102 Å². The molecule has 0 aliphatic carbocycles. The third-order valence-corrected chi connectivity index (χ3v) is 2.80. The van der Waals surface area contributed by atoms with Crippen molar-refractivity contribution >= 4 is 11.6 Å². The van der Waals surface area contributed by atoms with Crippen LogP contribution in [0.25, 0.3) is 0 Å². The molecule has 1 aliphatic heterocycles. The van der Waals surface area contributed by atoms with Gasteiger partial charge in [-0.25, -0.2) is 0 Å². The molecule has 3 N–H and O–H groups in total. The van der Waals surface area contributed by atoms with Crippen LogP contribution in [0, 0.1) is 0 Å². The molecular weight excluding hydrogens is 218 g/mol. The minimum absolute atomic E-state index is 0. The van der Waals surface area contributed by atoms with Crippen LogP contribution in [0.4, 0.5) is 5.69 Å². The number of piperazine rings is 1. The second-order valence-electron chi connectivity index (χ2n) is 4.00. The maximum atomic E-state index is 12.1. The number of anilines is 1. The lowest BCUT2D eigenvalue weighted by molar-refractivity contribution is -0.135. The van der Waals surface area contributed by atoms with Crippen molar-refractivity contribution < 1.29 is 4.79 Å². The summed E-state index contributed by atoms with van der Waals surface area (Å²) >= 11 is 0. The minimum atomic E-state index is -0.282. The van der Waals surface area contributed by atoms with Crippen molar-refractivity contribution in [2.45, 2.75) is 20.4 Å².